The van der Waals surface area contributed by atoms with Crippen LogP contribution >= 0.6 is 11.3 Å². The smallest absolute Gasteiger partial charge is 0.185 e. The predicted molar refractivity (Wildman–Crippen MR) is 86.0 cm³/mol. The fraction of sp³-hybridized carbons (Fsp3) is 0.812. The van der Waals surface area contributed by atoms with Gasteiger partial charge in [-0.2, -0.15) is 0 Å². The third-order valence-electron chi connectivity index (χ3n) is 4.53. The lowest BCUT2D eigenvalue weighted by Crippen LogP contribution is -2.37. The standard InChI is InChI=1S/C16H26N2O2S/c1-4-20-11-5-7-18(8-6-11)15-17-12-9-16(2,3)10-13(19)14(12)21-15/h11,13,19H,4-10H2,1-3H3. The highest BCUT2D eigenvalue weighted by molar-refractivity contribution is 7.15. The fourth-order valence-corrected chi connectivity index (χ4v) is 4.58. The van der Waals surface area contributed by atoms with Gasteiger partial charge in [-0.3, -0.25) is 0 Å². The number of piperidine rings is 1. The zero-order valence-electron chi connectivity index (χ0n) is 13.3. The van der Waals surface area contributed by atoms with Crippen LogP contribution in [0.5, 0.6) is 0 Å². The summed E-state index contributed by atoms with van der Waals surface area (Å²) in [4.78, 5) is 8.29. The molecule has 1 atom stereocenters. The molecule has 1 aromatic heterocycles. The Morgan fingerprint density at radius 3 is 2.76 bits per heavy atom. The van der Waals surface area contributed by atoms with Gasteiger partial charge in [-0.1, -0.05) is 25.2 Å². The molecule has 1 aliphatic heterocycles. The van der Waals surface area contributed by atoms with Crippen LogP contribution in [0.25, 0.3) is 0 Å². The molecule has 2 heterocycles. The number of fused-ring (bicyclic) bond motifs is 1. The highest BCUT2D eigenvalue weighted by Gasteiger charge is 2.35. The predicted octanol–water partition coefficient (Wildman–Crippen LogP) is 3.15. The molecule has 0 saturated carbocycles. The van der Waals surface area contributed by atoms with Crippen LogP contribution in [0, 0.1) is 5.41 Å². The molecular weight excluding hydrogens is 284 g/mol. The maximum Gasteiger partial charge on any atom is 0.185 e. The van der Waals surface area contributed by atoms with E-state index < -0.39 is 0 Å². The Morgan fingerprint density at radius 1 is 1.38 bits per heavy atom. The molecule has 5 heteroatoms. The number of aromatic nitrogens is 1. The first-order valence-electron chi connectivity index (χ1n) is 8.03. The molecule has 0 radical (unpaired) electrons. The first kappa shape index (κ1) is 15.3. The largest absolute Gasteiger partial charge is 0.387 e. The molecule has 0 bridgehead atoms. The minimum absolute atomic E-state index is 0.152. The molecule has 3 rings (SSSR count). The third-order valence-corrected chi connectivity index (χ3v) is 5.79. The molecule has 1 saturated heterocycles. The van der Waals surface area contributed by atoms with E-state index in [1.165, 1.54) is 0 Å². The van der Waals surface area contributed by atoms with Crippen molar-refractivity contribution in [3.05, 3.63) is 10.6 Å². The van der Waals surface area contributed by atoms with Crippen LogP contribution in [0.2, 0.25) is 0 Å². The molecule has 0 aromatic carbocycles. The summed E-state index contributed by atoms with van der Waals surface area (Å²) in [6, 6.07) is 0. The number of nitrogens with zero attached hydrogens (tertiary/aromatic N) is 2. The van der Waals surface area contributed by atoms with Crippen LogP contribution in [0.1, 0.15) is 56.7 Å². The SMILES string of the molecule is CCOC1CCN(c2nc3c(s2)C(O)CC(C)(C)C3)CC1. The normalized spacial score (nSPS) is 25.9. The topological polar surface area (TPSA) is 45.6 Å². The lowest BCUT2D eigenvalue weighted by molar-refractivity contribution is 0.0459. The van der Waals surface area contributed by atoms with Crippen LogP contribution in [-0.2, 0) is 11.2 Å². The molecule has 21 heavy (non-hydrogen) atoms. The second kappa shape index (κ2) is 5.86. The molecule has 1 N–H and O–H groups in total. The average molecular weight is 310 g/mol. The van der Waals surface area contributed by atoms with Gasteiger partial charge in [0.1, 0.15) is 0 Å². The van der Waals surface area contributed by atoms with Crippen molar-refractivity contribution in [2.75, 3.05) is 24.6 Å². The van der Waals surface area contributed by atoms with Crippen LogP contribution in [0.4, 0.5) is 5.13 Å². The lowest BCUT2D eigenvalue weighted by Gasteiger charge is -2.31. The van der Waals surface area contributed by atoms with E-state index in [0.717, 1.165) is 61.1 Å². The van der Waals surface area contributed by atoms with E-state index in [1.807, 2.05) is 0 Å². The van der Waals surface area contributed by atoms with Gasteiger partial charge in [-0.25, -0.2) is 4.98 Å². The number of rotatable bonds is 3. The van der Waals surface area contributed by atoms with Gasteiger partial charge in [0, 0.05) is 19.7 Å². The highest BCUT2D eigenvalue weighted by atomic mass is 32.1. The summed E-state index contributed by atoms with van der Waals surface area (Å²) in [5.74, 6) is 0. The van der Waals surface area contributed by atoms with Crippen molar-refractivity contribution in [3.63, 3.8) is 0 Å². The number of anilines is 1. The van der Waals surface area contributed by atoms with Crippen molar-refractivity contribution in [2.45, 2.75) is 58.7 Å². The van der Waals surface area contributed by atoms with Crippen molar-refractivity contribution in [1.29, 1.82) is 0 Å². The van der Waals surface area contributed by atoms with E-state index in [9.17, 15) is 5.11 Å². The maximum absolute atomic E-state index is 10.4. The number of thiazole rings is 1. The molecule has 0 amide bonds. The van der Waals surface area contributed by atoms with Crippen molar-refractivity contribution in [1.82, 2.24) is 4.98 Å². The molecule has 1 aromatic rings. The van der Waals surface area contributed by atoms with Crippen molar-refractivity contribution >= 4 is 16.5 Å². The molecule has 1 aliphatic carbocycles. The number of aliphatic hydroxyl groups excluding tert-OH is 1. The van der Waals surface area contributed by atoms with Crippen LogP contribution in [0.3, 0.4) is 0 Å². The third kappa shape index (κ3) is 3.25. The van der Waals surface area contributed by atoms with Crippen LogP contribution in [0.15, 0.2) is 0 Å². The minimum Gasteiger partial charge on any atom is -0.387 e. The Balaban J connectivity index is 1.71. The molecule has 118 valence electrons. The zero-order valence-corrected chi connectivity index (χ0v) is 14.1. The van der Waals surface area contributed by atoms with E-state index >= 15 is 0 Å². The van der Waals surface area contributed by atoms with Crippen LogP contribution < -0.4 is 4.90 Å². The van der Waals surface area contributed by atoms with E-state index in [-0.39, 0.29) is 11.5 Å². The lowest BCUT2D eigenvalue weighted by atomic mass is 9.77. The monoisotopic (exact) mass is 310 g/mol. The van der Waals surface area contributed by atoms with Crippen molar-refractivity contribution < 1.29 is 9.84 Å². The molecule has 4 nitrogen and oxygen atoms in total. The summed E-state index contributed by atoms with van der Waals surface area (Å²) in [6.07, 6.45) is 4.04. The Kier molecular flexibility index (Phi) is 4.26. The van der Waals surface area contributed by atoms with E-state index in [4.69, 9.17) is 9.72 Å². The summed E-state index contributed by atoms with van der Waals surface area (Å²) < 4.78 is 5.71. The molecule has 0 spiro atoms. The molecular formula is C16H26N2O2S. The Labute approximate surface area is 131 Å². The maximum atomic E-state index is 10.4. The van der Waals surface area contributed by atoms with Gasteiger partial charge >= 0.3 is 0 Å². The summed E-state index contributed by atoms with van der Waals surface area (Å²) in [5.41, 5.74) is 1.27. The molecule has 2 aliphatic rings. The van der Waals surface area contributed by atoms with E-state index in [1.54, 1.807) is 11.3 Å². The number of ether oxygens (including phenoxy) is 1. The fourth-order valence-electron chi connectivity index (χ4n) is 3.46. The number of hydrogen-bond acceptors (Lipinski definition) is 5. The van der Waals surface area contributed by atoms with Gasteiger partial charge < -0.3 is 14.7 Å². The molecule has 1 fully saturated rings. The summed E-state index contributed by atoms with van der Waals surface area (Å²) in [5, 5.41) is 11.4. The van der Waals surface area contributed by atoms with Crippen molar-refractivity contribution in [2.24, 2.45) is 5.41 Å². The summed E-state index contributed by atoms with van der Waals surface area (Å²) >= 11 is 1.69. The Hall–Kier alpha value is -0.650. The molecule has 1 unspecified atom stereocenters. The number of hydrogen-bond donors (Lipinski definition) is 1. The van der Waals surface area contributed by atoms with Gasteiger partial charge in [-0.05, 0) is 38.0 Å². The Morgan fingerprint density at radius 2 is 2.10 bits per heavy atom. The van der Waals surface area contributed by atoms with Crippen LogP contribution in [-0.4, -0.2) is 35.9 Å². The minimum atomic E-state index is -0.337. The number of aliphatic hydroxyl groups is 1. The quantitative estimate of drug-likeness (QED) is 0.931. The first-order chi connectivity index (χ1) is 9.98. The summed E-state index contributed by atoms with van der Waals surface area (Å²) in [6.45, 7) is 9.31. The van der Waals surface area contributed by atoms with Gasteiger partial charge in [0.25, 0.3) is 0 Å². The van der Waals surface area contributed by atoms with E-state index in [2.05, 4.69) is 25.7 Å². The average Bonchev–Trinajstić information content (AvgIpc) is 2.82. The zero-order chi connectivity index (χ0) is 15.0. The highest BCUT2D eigenvalue weighted by Crippen LogP contribution is 2.44. The van der Waals surface area contributed by atoms with Gasteiger partial charge in [0.15, 0.2) is 5.13 Å². The van der Waals surface area contributed by atoms with Gasteiger partial charge in [0.2, 0.25) is 0 Å². The Bertz CT molecular complexity index is 492. The first-order valence-corrected chi connectivity index (χ1v) is 8.84. The second-order valence-electron chi connectivity index (χ2n) is 7.01. The van der Waals surface area contributed by atoms with E-state index in [0.29, 0.717) is 6.10 Å². The summed E-state index contributed by atoms with van der Waals surface area (Å²) in [7, 11) is 0. The van der Waals surface area contributed by atoms with Gasteiger partial charge in [0.05, 0.1) is 22.8 Å². The second-order valence-corrected chi connectivity index (χ2v) is 8.02. The van der Waals surface area contributed by atoms with Crippen molar-refractivity contribution in [3.8, 4) is 0 Å². The van der Waals surface area contributed by atoms with Gasteiger partial charge in [-0.15, -0.1) is 0 Å².